The molecular formula is C23H21F3O5. The maximum Gasteiger partial charge on any atom is 0.453 e. The van der Waals surface area contributed by atoms with E-state index in [1.807, 2.05) is 13.0 Å². The van der Waals surface area contributed by atoms with E-state index < -0.39 is 29.1 Å². The molecule has 0 bridgehead atoms. The van der Waals surface area contributed by atoms with Crippen molar-refractivity contribution >= 4 is 16.9 Å². The molecule has 0 spiro atoms. The fraction of sp³-hybridized carbons (Fsp3) is 0.304. The minimum Gasteiger partial charge on any atom is -0.449 e. The van der Waals surface area contributed by atoms with Crippen LogP contribution in [0, 0.1) is 13.8 Å². The summed E-state index contributed by atoms with van der Waals surface area (Å²) in [5, 5.41) is -0.124. The van der Waals surface area contributed by atoms with Gasteiger partial charge >= 0.3 is 12.1 Å². The summed E-state index contributed by atoms with van der Waals surface area (Å²) >= 11 is 0. The molecule has 31 heavy (non-hydrogen) atoms. The largest absolute Gasteiger partial charge is 0.453 e. The molecule has 0 amide bonds. The summed E-state index contributed by atoms with van der Waals surface area (Å²) in [6.45, 7) is 5.43. The van der Waals surface area contributed by atoms with Gasteiger partial charge in [0.15, 0.2) is 0 Å². The van der Waals surface area contributed by atoms with Gasteiger partial charge in [0.1, 0.15) is 17.1 Å². The van der Waals surface area contributed by atoms with Crippen molar-refractivity contribution in [2.45, 2.75) is 46.2 Å². The van der Waals surface area contributed by atoms with Gasteiger partial charge in [0, 0.05) is 12.5 Å². The van der Waals surface area contributed by atoms with Gasteiger partial charge in [-0.25, -0.2) is 0 Å². The van der Waals surface area contributed by atoms with Crippen LogP contribution in [0.25, 0.3) is 11.0 Å². The van der Waals surface area contributed by atoms with E-state index in [1.165, 1.54) is 24.3 Å². The number of carbonyl (C=O) groups excluding carboxylic acids is 1. The van der Waals surface area contributed by atoms with Crippen LogP contribution >= 0.6 is 0 Å². The van der Waals surface area contributed by atoms with Crippen molar-refractivity contribution in [2.75, 3.05) is 0 Å². The third-order valence-electron chi connectivity index (χ3n) is 4.46. The number of esters is 1. The highest BCUT2D eigenvalue weighted by molar-refractivity contribution is 5.81. The van der Waals surface area contributed by atoms with Gasteiger partial charge in [0.2, 0.25) is 11.2 Å². The van der Waals surface area contributed by atoms with Crippen molar-refractivity contribution in [1.82, 2.24) is 0 Å². The lowest BCUT2D eigenvalue weighted by atomic mass is 10.1. The van der Waals surface area contributed by atoms with E-state index in [-0.39, 0.29) is 28.9 Å². The molecule has 0 aliphatic rings. The highest BCUT2D eigenvalue weighted by atomic mass is 19.4. The number of unbranched alkanes of at least 4 members (excludes halogenated alkanes) is 1. The average Bonchev–Trinajstić information content (AvgIpc) is 2.66. The summed E-state index contributed by atoms with van der Waals surface area (Å²) in [5.41, 5.74) is 0.203. The summed E-state index contributed by atoms with van der Waals surface area (Å²) < 4.78 is 56.5. The summed E-state index contributed by atoms with van der Waals surface area (Å²) in [7, 11) is 0. The van der Waals surface area contributed by atoms with E-state index in [0.29, 0.717) is 6.42 Å². The highest BCUT2D eigenvalue weighted by Crippen LogP contribution is 2.39. The van der Waals surface area contributed by atoms with Crippen LogP contribution in [-0.2, 0) is 11.0 Å². The molecule has 0 unspecified atom stereocenters. The van der Waals surface area contributed by atoms with Crippen LogP contribution in [0.4, 0.5) is 13.2 Å². The average molecular weight is 434 g/mol. The van der Waals surface area contributed by atoms with Crippen molar-refractivity contribution in [3.8, 4) is 17.2 Å². The van der Waals surface area contributed by atoms with Crippen molar-refractivity contribution in [2.24, 2.45) is 0 Å². The lowest BCUT2D eigenvalue weighted by molar-refractivity contribution is -0.154. The number of rotatable bonds is 6. The standard InChI is InChI=1S/C23H21F3O5/c1-4-5-6-19(27)29-15-7-8-17-18(12-15)31-22(23(24,25)26)21(20(17)28)30-16-10-13(2)9-14(3)11-16/h7-12H,4-6H2,1-3H3. The Kier molecular flexibility index (Phi) is 6.38. The molecule has 2 aromatic carbocycles. The Bertz CT molecular complexity index is 1160. The molecule has 0 saturated carbocycles. The minimum atomic E-state index is -4.98. The number of fused-ring (bicyclic) bond motifs is 1. The minimum absolute atomic E-state index is 0.00662. The van der Waals surface area contributed by atoms with Gasteiger partial charge in [0.05, 0.1) is 5.39 Å². The second-order valence-electron chi connectivity index (χ2n) is 7.25. The highest BCUT2D eigenvalue weighted by Gasteiger charge is 2.40. The Morgan fingerprint density at radius 2 is 1.71 bits per heavy atom. The van der Waals surface area contributed by atoms with E-state index in [0.717, 1.165) is 23.6 Å². The Morgan fingerprint density at radius 1 is 1.03 bits per heavy atom. The number of hydrogen-bond donors (Lipinski definition) is 0. The predicted octanol–water partition coefficient (Wildman–Crippen LogP) is 6.32. The van der Waals surface area contributed by atoms with Crippen molar-refractivity contribution < 1.29 is 31.9 Å². The monoisotopic (exact) mass is 434 g/mol. The first-order chi connectivity index (χ1) is 14.6. The first-order valence-corrected chi connectivity index (χ1v) is 9.73. The van der Waals surface area contributed by atoms with Crippen LogP contribution in [0.3, 0.4) is 0 Å². The smallest absolute Gasteiger partial charge is 0.449 e. The first-order valence-electron chi connectivity index (χ1n) is 9.73. The van der Waals surface area contributed by atoms with Crippen molar-refractivity contribution in [3.63, 3.8) is 0 Å². The van der Waals surface area contributed by atoms with E-state index in [2.05, 4.69) is 0 Å². The van der Waals surface area contributed by atoms with Crippen LogP contribution in [0.5, 0.6) is 17.2 Å². The summed E-state index contributed by atoms with van der Waals surface area (Å²) in [5.74, 6) is -2.94. The fourth-order valence-electron chi connectivity index (χ4n) is 3.11. The molecule has 3 rings (SSSR count). The molecule has 5 nitrogen and oxygen atoms in total. The maximum atomic E-state index is 13.7. The van der Waals surface area contributed by atoms with Gasteiger partial charge in [-0.1, -0.05) is 19.4 Å². The van der Waals surface area contributed by atoms with Crippen LogP contribution < -0.4 is 14.9 Å². The third kappa shape index (κ3) is 5.25. The number of ether oxygens (including phenoxy) is 2. The zero-order valence-corrected chi connectivity index (χ0v) is 17.3. The Hall–Kier alpha value is -3.29. The summed E-state index contributed by atoms with van der Waals surface area (Å²) in [4.78, 5) is 24.7. The molecule has 1 heterocycles. The van der Waals surface area contributed by atoms with Crippen LogP contribution in [0.1, 0.15) is 43.1 Å². The molecule has 1 aromatic heterocycles. The van der Waals surface area contributed by atoms with Gasteiger partial charge in [0.25, 0.3) is 5.76 Å². The van der Waals surface area contributed by atoms with Gasteiger partial charge in [-0.15, -0.1) is 0 Å². The number of alkyl halides is 3. The molecular weight excluding hydrogens is 413 g/mol. The van der Waals surface area contributed by atoms with Gasteiger partial charge in [-0.2, -0.15) is 13.2 Å². The molecule has 0 atom stereocenters. The van der Waals surface area contributed by atoms with E-state index in [9.17, 15) is 22.8 Å². The molecule has 0 N–H and O–H groups in total. The number of hydrogen-bond acceptors (Lipinski definition) is 5. The molecule has 3 aromatic rings. The molecule has 164 valence electrons. The number of aryl methyl sites for hydroxylation is 2. The summed E-state index contributed by atoms with van der Waals surface area (Å²) in [6, 6.07) is 8.54. The number of carbonyl (C=O) groups is 1. The van der Waals surface area contributed by atoms with Gasteiger partial charge < -0.3 is 13.9 Å². The molecule has 0 aliphatic heterocycles. The number of halogens is 3. The Balaban J connectivity index is 2.08. The Labute approximate surface area is 176 Å². The van der Waals surface area contributed by atoms with E-state index >= 15 is 0 Å². The molecule has 0 radical (unpaired) electrons. The molecule has 8 heteroatoms. The van der Waals surface area contributed by atoms with Crippen LogP contribution in [0.2, 0.25) is 0 Å². The zero-order valence-electron chi connectivity index (χ0n) is 17.3. The van der Waals surface area contributed by atoms with Crippen molar-refractivity contribution in [3.05, 3.63) is 63.5 Å². The zero-order chi connectivity index (χ0) is 22.8. The maximum absolute atomic E-state index is 13.7. The van der Waals surface area contributed by atoms with Gasteiger partial charge in [-0.05, 0) is 55.7 Å². The third-order valence-corrected chi connectivity index (χ3v) is 4.46. The lowest BCUT2D eigenvalue weighted by Gasteiger charge is -2.14. The van der Waals surface area contributed by atoms with E-state index in [1.54, 1.807) is 13.8 Å². The predicted molar refractivity (Wildman–Crippen MR) is 109 cm³/mol. The fourth-order valence-corrected chi connectivity index (χ4v) is 3.11. The van der Waals surface area contributed by atoms with Gasteiger partial charge in [-0.3, -0.25) is 9.59 Å². The number of benzene rings is 2. The molecule has 0 aliphatic carbocycles. The quantitative estimate of drug-likeness (QED) is 0.336. The van der Waals surface area contributed by atoms with Crippen molar-refractivity contribution in [1.29, 1.82) is 0 Å². The second kappa shape index (κ2) is 8.83. The summed E-state index contributed by atoms with van der Waals surface area (Å²) in [6.07, 6.45) is -3.39. The first kappa shape index (κ1) is 22.4. The molecule has 0 saturated heterocycles. The normalized spacial score (nSPS) is 11.5. The molecule has 0 fully saturated rings. The van der Waals surface area contributed by atoms with Crippen LogP contribution in [0.15, 0.2) is 45.6 Å². The van der Waals surface area contributed by atoms with E-state index in [4.69, 9.17) is 13.9 Å². The topological polar surface area (TPSA) is 65.7 Å². The Morgan fingerprint density at radius 3 is 2.32 bits per heavy atom. The SMILES string of the molecule is CCCCC(=O)Oc1ccc2c(=O)c(Oc3cc(C)cc(C)c3)c(C(F)(F)F)oc2c1. The lowest BCUT2D eigenvalue weighted by Crippen LogP contribution is -2.15. The van der Waals surface area contributed by atoms with Crippen LogP contribution in [-0.4, -0.2) is 5.97 Å². The second-order valence-corrected chi connectivity index (χ2v) is 7.25.